The van der Waals surface area contributed by atoms with Gasteiger partial charge in [-0.15, -0.1) is 0 Å². The zero-order valence-electron chi connectivity index (χ0n) is 8.67. The van der Waals surface area contributed by atoms with E-state index in [1.165, 1.54) is 0 Å². The molecular formula is C6H16O6S2Sn. The van der Waals surface area contributed by atoms with Crippen LogP contribution in [-0.4, -0.2) is 55.8 Å². The van der Waals surface area contributed by atoms with Gasteiger partial charge in [-0.1, -0.05) is 0 Å². The van der Waals surface area contributed by atoms with Crippen molar-refractivity contribution in [1.82, 2.24) is 0 Å². The molecule has 0 aromatic carbocycles. The van der Waals surface area contributed by atoms with E-state index in [0.29, 0.717) is 8.87 Å². The molecule has 0 aliphatic heterocycles. The maximum absolute atomic E-state index is 10.5. The van der Waals surface area contributed by atoms with Crippen LogP contribution in [0.3, 0.4) is 0 Å². The second-order valence-electron chi connectivity index (χ2n) is 4.24. The van der Waals surface area contributed by atoms with E-state index in [1.807, 2.05) is 9.88 Å². The van der Waals surface area contributed by atoms with Crippen molar-refractivity contribution in [3.8, 4) is 0 Å². The summed E-state index contributed by atoms with van der Waals surface area (Å²) in [5, 5.41) is 0. The van der Waals surface area contributed by atoms with Crippen molar-refractivity contribution in [2.45, 2.75) is 18.8 Å². The fraction of sp³-hybridized carbons (Fsp3) is 1.00. The molecule has 0 amide bonds. The van der Waals surface area contributed by atoms with E-state index in [2.05, 4.69) is 0 Å². The second-order valence-corrected chi connectivity index (χ2v) is 22.6. The topological polar surface area (TPSA) is 109 Å². The van der Waals surface area contributed by atoms with Crippen molar-refractivity contribution in [3.05, 3.63) is 0 Å². The first-order valence-electron chi connectivity index (χ1n) is 4.32. The van der Waals surface area contributed by atoms with E-state index in [9.17, 15) is 16.8 Å². The molecule has 0 heterocycles. The fourth-order valence-corrected chi connectivity index (χ4v) is 17.2. The van der Waals surface area contributed by atoms with Gasteiger partial charge in [0.2, 0.25) is 0 Å². The van der Waals surface area contributed by atoms with Crippen molar-refractivity contribution in [2.24, 2.45) is 0 Å². The van der Waals surface area contributed by atoms with Crippen LogP contribution >= 0.6 is 0 Å². The van der Waals surface area contributed by atoms with E-state index < -0.39 is 38.6 Å². The zero-order chi connectivity index (χ0) is 12.3. The van der Waals surface area contributed by atoms with Gasteiger partial charge in [0.25, 0.3) is 0 Å². The minimum absolute atomic E-state index is 0.318. The quantitative estimate of drug-likeness (QED) is 0.522. The summed E-state index contributed by atoms with van der Waals surface area (Å²) in [6, 6.07) is 0. The van der Waals surface area contributed by atoms with Crippen molar-refractivity contribution < 1.29 is 25.9 Å². The molecule has 0 spiro atoms. The van der Waals surface area contributed by atoms with Crippen LogP contribution in [0.25, 0.3) is 0 Å². The monoisotopic (exact) mass is 368 g/mol. The summed E-state index contributed by atoms with van der Waals surface area (Å²) in [7, 11) is -7.94. The Labute approximate surface area is 94.4 Å². The molecule has 0 unspecified atom stereocenters. The number of hydrogen-bond acceptors (Lipinski definition) is 4. The molecule has 0 saturated heterocycles. The first-order valence-corrected chi connectivity index (χ1v) is 17.3. The third kappa shape index (κ3) is 10.9. The van der Waals surface area contributed by atoms with Crippen LogP contribution in [0.1, 0.15) is 0 Å². The Balaban J connectivity index is 4.21. The summed E-state index contributed by atoms with van der Waals surface area (Å²) in [6.45, 7) is 0. The van der Waals surface area contributed by atoms with Gasteiger partial charge in [-0.2, -0.15) is 0 Å². The molecule has 0 saturated carbocycles. The average molecular weight is 367 g/mol. The van der Waals surface area contributed by atoms with Gasteiger partial charge in [0.05, 0.1) is 0 Å². The molecule has 15 heavy (non-hydrogen) atoms. The summed E-state index contributed by atoms with van der Waals surface area (Å²) >= 11 is -2.74. The Bertz CT molecular complexity index is 357. The van der Waals surface area contributed by atoms with Gasteiger partial charge in [-0.05, 0) is 0 Å². The Kier molecular flexibility index (Phi) is 5.52. The second kappa shape index (κ2) is 5.30. The first kappa shape index (κ1) is 15.6. The molecule has 0 radical (unpaired) electrons. The molecule has 0 fully saturated rings. The van der Waals surface area contributed by atoms with E-state index in [-0.39, 0.29) is 11.5 Å². The summed E-state index contributed by atoms with van der Waals surface area (Å²) in [5.41, 5.74) is 0. The Morgan fingerprint density at radius 3 is 1.33 bits per heavy atom. The SMILES string of the molecule is [CH3][Sn]([CH3])([CH2]CS(=O)(=O)O)[CH2]CS(=O)(=O)O. The summed E-state index contributed by atoms with van der Waals surface area (Å²) in [6.07, 6.45) is 0. The predicted octanol–water partition coefficient (Wildman–Crippen LogP) is 0.470. The molecule has 0 aliphatic rings. The average Bonchev–Trinajstić information content (AvgIpc) is 1.96. The van der Waals surface area contributed by atoms with Crippen LogP contribution in [-0.2, 0) is 20.2 Å². The van der Waals surface area contributed by atoms with Crippen LogP contribution in [0.15, 0.2) is 0 Å². The number of hydrogen-bond donors (Lipinski definition) is 2. The molecule has 9 heteroatoms. The van der Waals surface area contributed by atoms with Crippen molar-refractivity contribution in [1.29, 1.82) is 0 Å². The van der Waals surface area contributed by atoms with Crippen molar-refractivity contribution in [3.63, 3.8) is 0 Å². The molecule has 92 valence electrons. The van der Waals surface area contributed by atoms with Gasteiger partial charge in [0.1, 0.15) is 0 Å². The van der Waals surface area contributed by atoms with Crippen LogP contribution in [0.5, 0.6) is 0 Å². The molecule has 0 aromatic rings. The third-order valence-electron chi connectivity index (χ3n) is 2.07. The van der Waals surface area contributed by atoms with E-state index in [1.54, 1.807) is 0 Å². The summed E-state index contributed by atoms with van der Waals surface area (Å²) in [4.78, 5) is 3.76. The van der Waals surface area contributed by atoms with E-state index in [0.717, 1.165) is 0 Å². The Morgan fingerprint density at radius 2 is 1.13 bits per heavy atom. The van der Waals surface area contributed by atoms with Crippen LogP contribution < -0.4 is 0 Å². The van der Waals surface area contributed by atoms with Gasteiger partial charge < -0.3 is 0 Å². The Hall–Kier alpha value is 0.619. The third-order valence-corrected chi connectivity index (χ3v) is 14.7. The zero-order valence-corrected chi connectivity index (χ0v) is 13.2. The van der Waals surface area contributed by atoms with Gasteiger partial charge in [-0.25, -0.2) is 0 Å². The van der Waals surface area contributed by atoms with Crippen LogP contribution in [0, 0.1) is 0 Å². The summed E-state index contributed by atoms with van der Waals surface area (Å²) in [5.74, 6) is -0.636. The molecule has 0 atom stereocenters. The van der Waals surface area contributed by atoms with Crippen molar-refractivity contribution in [2.75, 3.05) is 11.5 Å². The molecule has 6 nitrogen and oxygen atoms in total. The first-order chi connectivity index (χ1) is 6.41. The summed E-state index contributed by atoms with van der Waals surface area (Å²) < 4.78 is 59.8. The molecule has 0 aliphatic carbocycles. The molecule has 2 N–H and O–H groups in total. The minimum atomic E-state index is -3.97. The number of rotatable bonds is 6. The van der Waals surface area contributed by atoms with Gasteiger partial charge in [-0.3, -0.25) is 0 Å². The standard InChI is InChI=1S/2C2H5O3S.2CH3.Sn/c2*1-2-6(3,4)5;;;/h2*1-2H2,(H,3,4,5);2*1H3;. The van der Waals surface area contributed by atoms with E-state index >= 15 is 0 Å². The molecule has 0 aromatic heterocycles. The maximum atomic E-state index is 10.5. The van der Waals surface area contributed by atoms with E-state index in [4.69, 9.17) is 9.11 Å². The molecule has 0 rings (SSSR count). The van der Waals surface area contributed by atoms with Crippen LogP contribution in [0.2, 0.25) is 18.8 Å². The normalized spacial score (nSPS) is 14.1. The van der Waals surface area contributed by atoms with Crippen molar-refractivity contribution >= 4 is 38.6 Å². The van der Waals surface area contributed by atoms with Gasteiger partial charge in [0.15, 0.2) is 0 Å². The van der Waals surface area contributed by atoms with Crippen LogP contribution in [0.4, 0.5) is 0 Å². The predicted molar refractivity (Wildman–Crippen MR) is 59.9 cm³/mol. The van der Waals surface area contributed by atoms with Gasteiger partial charge >= 0.3 is 94.8 Å². The molecule has 0 bridgehead atoms. The Morgan fingerprint density at radius 1 is 0.867 bits per heavy atom. The molecular weight excluding hydrogens is 351 g/mol. The van der Waals surface area contributed by atoms with Gasteiger partial charge in [0, 0.05) is 0 Å². The fourth-order valence-electron chi connectivity index (χ4n) is 0.936.